The molecule has 30 heavy (non-hydrogen) atoms. The lowest BCUT2D eigenvalue weighted by Gasteiger charge is -2.28. The minimum Gasteiger partial charge on any atom is -0.487 e. The number of nitrogens with zero attached hydrogens (tertiary/aromatic N) is 3. The van der Waals surface area contributed by atoms with Gasteiger partial charge in [0.2, 0.25) is 15.9 Å². The van der Waals surface area contributed by atoms with E-state index in [1.54, 1.807) is 32.3 Å². The second kappa shape index (κ2) is 7.96. The molecule has 1 aromatic carbocycles. The number of ether oxygens (including phenoxy) is 1. The first-order valence-electron chi connectivity index (χ1n) is 9.98. The zero-order chi connectivity index (χ0) is 21.5. The molecule has 1 aromatic heterocycles. The van der Waals surface area contributed by atoms with Crippen molar-refractivity contribution < 1.29 is 22.3 Å². The zero-order valence-electron chi connectivity index (χ0n) is 17.0. The van der Waals surface area contributed by atoms with E-state index in [9.17, 15) is 17.6 Å². The number of aryl methyl sites for hydroxylation is 1. The average molecular weight is 434 g/mol. The van der Waals surface area contributed by atoms with Crippen LogP contribution in [0, 0.1) is 5.82 Å². The number of fused-ring (bicyclic) bond motifs is 1. The molecule has 2 aromatic rings. The lowest BCUT2D eigenvalue weighted by Crippen LogP contribution is -2.32. The number of hydrogen-bond donors (Lipinski definition) is 0. The molecule has 0 bridgehead atoms. The van der Waals surface area contributed by atoms with Gasteiger partial charge in [0.05, 0.1) is 24.2 Å². The number of halogens is 1. The van der Waals surface area contributed by atoms with E-state index >= 15 is 0 Å². The van der Waals surface area contributed by atoms with Crippen molar-refractivity contribution in [3.63, 3.8) is 0 Å². The number of rotatable bonds is 5. The molecule has 2 aliphatic rings. The Hall–Kier alpha value is -2.52. The molecule has 0 radical (unpaired) electrons. The van der Waals surface area contributed by atoms with Gasteiger partial charge in [-0.1, -0.05) is 6.07 Å². The number of hydrogen-bond acceptors (Lipinski definition) is 5. The van der Waals surface area contributed by atoms with Crippen LogP contribution in [0.25, 0.3) is 11.1 Å². The second-order valence-electron chi connectivity index (χ2n) is 7.58. The maximum Gasteiger partial charge on any atom is 0.227 e. The highest BCUT2D eigenvalue weighted by molar-refractivity contribution is 7.89. The lowest BCUT2D eigenvalue weighted by molar-refractivity contribution is -0.118. The highest BCUT2D eigenvalue weighted by Crippen LogP contribution is 2.39. The molecule has 3 heterocycles. The summed E-state index contributed by atoms with van der Waals surface area (Å²) in [6, 6.07) is 4.82. The van der Waals surface area contributed by atoms with E-state index in [0.29, 0.717) is 48.4 Å². The standard InChI is InChI=1S/C21H24FN3O4S/c1-3-30(27,28)25-9-8-16(13-25)29-17-10-15(11-23-12-17)20-18(22)6-4-14-5-7-19(26)24(2)21(14)20/h4,6,10-12,16H,3,5,7-9,13H2,1-2H3/t16-/m1/s1. The first-order chi connectivity index (χ1) is 14.3. The molecule has 1 atom stereocenters. The van der Waals surface area contributed by atoms with Gasteiger partial charge in [0.1, 0.15) is 17.7 Å². The van der Waals surface area contributed by atoms with Gasteiger partial charge in [-0.15, -0.1) is 0 Å². The summed E-state index contributed by atoms with van der Waals surface area (Å²) < 4.78 is 46.4. The van der Waals surface area contributed by atoms with Crippen molar-refractivity contribution in [2.45, 2.75) is 32.3 Å². The van der Waals surface area contributed by atoms with E-state index in [2.05, 4.69) is 4.98 Å². The van der Waals surface area contributed by atoms with Gasteiger partial charge in [-0.25, -0.2) is 12.8 Å². The van der Waals surface area contributed by atoms with Crippen molar-refractivity contribution in [1.29, 1.82) is 0 Å². The van der Waals surface area contributed by atoms with Gasteiger partial charge < -0.3 is 9.64 Å². The fourth-order valence-corrected chi connectivity index (χ4v) is 5.19. The first kappa shape index (κ1) is 20.7. The van der Waals surface area contributed by atoms with Crippen LogP contribution in [-0.4, -0.2) is 55.6 Å². The Morgan fingerprint density at radius 3 is 2.83 bits per heavy atom. The van der Waals surface area contributed by atoms with E-state index in [-0.39, 0.29) is 24.3 Å². The number of sulfonamides is 1. The molecule has 7 nitrogen and oxygen atoms in total. The smallest absolute Gasteiger partial charge is 0.227 e. The third-order valence-corrected chi connectivity index (χ3v) is 7.55. The van der Waals surface area contributed by atoms with E-state index < -0.39 is 15.8 Å². The quantitative estimate of drug-likeness (QED) is 0.724. The highest BCUT2D eigenvalue weighted by Gasteiger charge is 2.32. The number of benzene rings is 1. The minimum atomic E-state index is -3.25. The Morgan fingerprint density at radius 1 is 1.27 bits per heavy atom. The van der Waals surface area contributed by atoms with Crippen LogP contribution in [0.1, 0.15) is 25.3 Å². The number of carbonyl (C=O) groups is 1. The van der Waals surface area contributed by atoms with Crippen molar-refractivity contribution >= 4 is 21.6 Å². The molecule has 9 heteroatoms. The minimum absolute atomic E-state index is 0.0569. The topological polar surface area (TPSA) is 79.8 Å². The fourth-order valence-electron chi connectivity index (χ4n) is 4.04. The second-order valence-corrected chi connectivity index (χ2v) is 9.84. The van der Waals surface area contributed by atoms with Crippen LogP contribution in [0.3, 0.4) is 0 Å². The predicted octanol–water partition coefficient (Wildman–Crippen LogP) is 2.60. The summed E-state index contributed by atoms with van der Waals surface area (Å²) in [6.07, 6.45) is 4.33. The van der Waals surface area contributed by atoms with E-state index in [1.165, 1.54) is 21.5 Å². The van der Waals surface area contributed by atoms with Crippen LogP contribution in [0.15, 0.2) is 30.6 Å². The maximum absolute atomic E-state index is 14.8. The number of aromatic nitrogens is 1. The van der Waals surface area contributed by atoms with Crippen LogP contribution >= 0.6 is 0 Å². The monoisotopic (exact) mass is 433 g/mol. The van der Waals surface area contributed by atoms with Crippen LogP contribution < -0.4 is 9.64 Å². The third-order valence-electron chi connectivity index (χ3n) is 5.70. The largest absolute Gasteiger partial charge is 0.487 e. The SMILES string of the molecule is CCS(=O)(=O)N1CC[C@@H](Oc2cncc(-c3c(F)ccc4c3N(C)C(=O)CC4)c2)C1. The van der Waals surface area contributed by atoms with Crippen LogP contribution in [0.2, 0.25) is 0 Å². The van der Waals surface area contributed by atoms with Gasteiger partial charge in [-0.2, -0.15) is 4.31 Å². The molecular formula is C21H24FN3O4S. The first-order valence-corrected chi connectivity index (χ1v) is 11.6. The van der Waals surface area contributed by atoms with Crippen molar-refractivity contribution in [3.8, 4) is 16.9 Å². The molecule has 160 valence electrons. The Labute approximate surface area is 175 Å². The molecular weight excluding hydrogens is 409 g/mol. The Balaban J connectivity index is 1.62. The Bertz CT molecular complexity index is 1090. The summed E-state index contributed by atoms with van der Waals surface area (Å²) in [6.45, 7) is 2.32. The summed E-state index contributed by atoms with van der Waals surface area (Å²) in [5.41, 5.74) is 2.31. The molecule has 4 rings (SSSR count). The van der Waals surface area contributed by atoms with Crippen LogP contribution in [0.4, 0.5) is 10.1 Å². The summed E-state index contributed by atoms with van der Waals surface area (Å²) in [5.74, 6) is 0.00440. The van der Waals surface area contributed by atoms with E-state index in [0.717, 1.165) is 5.56 Å². The highest BCUT2D eigenvalue weighted by atomic mass is 32.2. The average Bonchev–Trinajstić information content (AvgIpc) is 3.20. The van der Waals surface area contributed by atoms with Gasteiger partial charge in [0, 0.05) is 37.3 Å². The zero-order valence-corrected chi connectivity index (χ0v) is 17.8. The molecule has 2 aliphatic heterocycles. The van der Waals surface area contributed by atoms with Gasteiger partial charge in [0.25, 0.3) is 0 Å². The van der Waals surface area contributed by atoms with Crippen molar-refractivity contribution in [2.24, 2.45) is 0 Å². The molecule has 0 saturated carbocycles. The number of anilines is 1. The predicted molar refractivity (Wildman–Crippen MR) is 111 cm³/mol. The number of carbonyl (C=O) groups excluding carboxylic acids is 1. The molecule has 1 saturated heterocycles. The van der Waals surface area contributed by atoms with Crippen LogP contribution in [-0.2, 0) is 21.2 Å². The Kier molecular flexibility index (Phi) is 5.50. The summed E-state index contributed by atoms with van der Waals surface area (Å²) >= 11 is 0. The van der Waals surface area contributed by atoms with Gasteiger partial charge in [0.15, 0.2) is 0 Å². The third kappa shape index (κ3) is 3.79. The van der Waals surface area contributed by atoms with Crippen LogP contribution in [0.5, 0.6) is 5.75 Å². The molecule has 0 spiro atoms. The molecule has 1 amide bonds. The molecule has 0 aliphatic carbocycles. The lowest BCUT2D eigenvalue weighted by atomic mass is 9.94. The van der Waals surface area contributed by atoms with Crippen molar-refractivity contribution in [3.05, 3.63) is 42.0 Å². The normalized spacial score (nSPS) is 19.8. The number of pyridine rings is 1. The summed E-state index contributed by atoms with van der Waals surface area (Å²) in [5, 5.41) is 0. The van der Waals surface area contributed by atoms with Crippen molar-refractivity contribution in [2.75, 3.05) is 30.8 Å². The van der Waals surface area contributed by atoms with E-state index in [1.807, 2.05) is 0 Å². The molecule has 0 N–H and O–H groups in total. The van der Waals surface area contributed by atoms with Gasteiger partial charge >= 0.3 is 0 Å². The maximum atomic E-state index is 14.8. The number of amides is 1. The van der Waals surface area contributed by atoms with E-state index in [4.69, 9.17) is 4.74 Å². The fraction of sp³-hybridized carbons (Fsp3) is 0.429. The Morgan fingerprint density at radius 2 is 2.07 bits per heavy atom. The van der Waals surface area contributed by atoms with Gasteiger partial charge in [-0.3, -0.25) is 9.78 Å². The van der Waals surface area contributed by atoms with Gasteiger partial charge in [-0.05, 0) is 37.5 Å². The molecule has 1 fully saturated rings. The van der Waals surface area contributed by atoms with Crippen molar-refractivity contribution in [1.82, 2.24) is 9.29 Å². The summed E-state index contributed by atoms with van der Waals surface area (Å²) in [7, 11) is -1.60. The molecule has 0 unspecified atom stereocenters. The summed E-state index contributed by atoms with van der Waals surface area (Å²) in [4.78, 5) is 17.9.